The molecule has 0 aromatic heterocycles. The summed E-state index contributed by atoms with van der Waals surface area (Å²) in [6, 6.07) is 7.76. The third kappa shape index (κ3) is 5.11. The van der Waals surface area contributed by atoms with Gasteiger partial charge in [0.05, 0.1) is 0 Å². The van der Waals surface area contributed by atoms with Gasteiger partial charge in [0.25, 0.3) is 0 Å². The molecule has 0 bridgehead atoms. The molecule has 0 saturated heterocycles. The van der Waals surface area contributed by atoms with E-state index >= 15 is 0 Å². The van der Waals surface area contributed by atoms with Crippen molar-refractivity contribution in [3.05, 3.63) is 41.4 Å². The summed E-state index contributed by atoms with van der Waals surface area (Å²) in [5.41, 5.74) is 1.16. The van der Waals surface area contributed by atoms with Gasteiger partial charge in [-0.15, -0.1) is 6.58 Å². The second-order valence-corrected chi connectivity index (χ2v) is 5.04. The first-order valence-corrected chi connectivity index (χ1v) is 6.70. The van der Waals surface area contributed by atoms with E-state index in [0.717, 1.165) is 24.3 Å². The molecule has 0 saturated carbocycles. The molecule has 100 valence electrons. The summed E-state index contributed by atoms with van der Waals surface area (Å²) in [4.78, 5) is 0. The van der Waals surface area contributed by atoms with Crippen molar-refractivity contribution in [3.63, 3.8) is 0 Å². The Hall–Kier alpha value is -0.990. The van der Waals surface area contributed by atoms with Gasteiger partial charge in [-0.1, -0.05) is 30.2 Å². The van der Waals surface area contributed by atoms with Crippen molar-refractivity contribution in [2.45, 2.75) is 39.3 Å². The molecule has 2 atom stereocenters. The molecule has 0 heterocycles. The molecule has 1 rings (SSSR count). The van der Waals surface area contributed by atoms with Crippen LogP contribution in [-0.4, -0.2) is 18.7 Å². The third-order valence-corrected chi connectivity index (χ3v) is 2.95. The topological polar surface area (TPSA) is 21.3 Å². The quantitative estimate of drug-likeness (QED) is 0.753. The summed E-state index contributed by atoms with van der Waals surface area (Å²) >= 11 is 5.94. The van der Waals surface area contributed by atoms with Crippen molar-refractivity contribution in [2.24, 2.45) is 0 Å². The van der Waals surface area contributed by atoms with Gasteiger partial charge in [-0.2, -0.15) is 0 Å². The van der Waals surface area contributed by atoms with Crippen molar-refractivity contribution in [3.8, 4) is 5.75 Å². The van der Waals surface area contributed by atoms with Crippen LogP contribution in [0.1, 0.15) is 27.2 Å². The lowest BCUT2D eigenvalue weighted by Gasteiger charge is -2.26. The second kappa shape index (κ2) is 7.45. The van der Waals surface area contributed by atoms with Crippen LogP contribution in [-0.2, 0) is 0 Å². The summed E-state index contributed by atoms with van der Waals surface area (Å²) in [5.74, 6) is 0.805. The fraction of sp³-hybridized carbons (Fsp3) is 0.467. The Balaban J connectivity index is 2.65. The minimum atomic E-state index is 0.0696. The second-order valence-electron chi connectivity index (χ2n) is 4.61. The maximum Gasteiger partial charge on any atom is 0.121 e. The summed E-state index contributed by atoms with van der Waals surface area (Å²) < 4.78 is 5.92. The number of rotatable bonds is 7. The lowest BCUT2D eigenvalue weighted by molar-refractivity contribution is 0.170. The average Bonchev–Trinajstić information content (AvgIpc) is 2.27. The summed E-state index contributed by atoms with van der Waals surface area (Å²) in [6.45, 7) is 11.1. The molecule has 0 spiro atoms. The van der Waals surface area contributed by atoms with Crippen LogP contribution in [0.5, 0.6) is 5.75 Å². The highest BCUT2D eigenvalue weighted by atomic mass is 35.5. The molecular weight excluding hydrogens is 246 g/mol. The Morgan fingerprint density at radius 2 is 2.22 bits per heavy atom. The zero-order valence-electron chi connectivity index (χ0n) is 11.4. The van der Waals surface area contributed by atoms with Crippen LogP contribution in [0.4, 0.5) is 0 Å². The van der Waals surface area contributed by atoms with Crippen LogP contribution in [0, 0.1) is 0 Å². The summed E-state index contributed by atoms with van der Waals surface area (Å²) in [6.07, 6.45) is 0.982. The van der Waals surface area contributed by atoms with Crippen LogP contribution in [0.2, 0.25) is 5.02 Å². The van der Waals surface area contributed by atoms with Gasteiger partial charge in [0.2, 0.25) is 0 Å². The molecule has 0 aliphatic carbocycles. The molecule has 2 unspecified atom stereocenters. The largest absolute Gasteiger partial charge is 0.489 e. The number of hydrogen-bond acceptors (Lipinski definition) is 2. The number of likely N-dealkylation sites (N-methyl/N-ethyl adjacent to an activating group) is 1. The van der Waals surface area contributed by atoms with E-state index in [-0.39, 0.29) is 12.1 Å². The minimum absolute atomic E-state index is 0.0696. The fourth-order valence-corrected chi connectivity index (χ4v) is 2.06. The minimum Gasteiger partial charge on any atom is -0.489 e. The summed E-state index contributed by atoms with van der Waals surface area (Å²) in [7, 11) is 0. The van der Waals surface area contributed by atoms with Crippen LogP contribution in [0.3, 0.4) is 0 Å². The van der Waals surface area contributed by atoms with Crippen LogP contribution in [0.25, 0.3) is 0 Å². The lowest BCUT2D eigenvalue weighted by Crippen LogP contribution is -2.41. The summed E-state index contributed by atoms with van der Waals surface area (Å²) in [5, 5.41) is 4.12. The SMILES string of the molecule is C=C(C)CC(NCC)C(C)Oc1cccc(Cl)c1. The first-order chi connectivity index (χ1) is 8.52. The Morgan fingerprint density at radius 1 is 1.50 bits per heavy atom. The molecule has 3 heteroatoms. The van der Waals surface area contributed by atoms with Gasteiger partial charge in [-0.3, -0.25) is 0 Å². The molecule has 0 radical (unpaired) electrons. The monoisotopic (exact) mass is 267 g/mol. The Morgan fingerprint density at radius 3 is 2.78 bits per heavy atom. The van der Waals surface area contributed by atoms with Crippen molar-refractivity contribution >= 4 is 11.6 Å². The van der Waals surface area contributed by atoms with Gasteiger partial charge in [-0.05, 0) is 45.0 Å². The zero-order chi connectivity index (χ0) is 13.5. The smallest absolute Gasteiger partial charge is 0.121 e. The first kappa shape index (κ1) is 15.1. The standard InChI is InChI=1S/C15H22ClNO/c1-5-17-15(9-11(2)3)12(4)18-14-8-6-7-13(16)10-14/h6-8,10,12,15,17H,2,5,9H2,1,3-4H3. The molecule has 18 heavy (non-hydrogen) atoms. The molecule has 1 N–H and O–H groups in total. The molecular formula is C15H22ClNO. The maximum atomic E-state index is 5.94. The first-order valence-electron chi connectivity index (χ1n) is 6.33. The Kier molecular flexibility index (Phi) is 6.23. The number of ether oxygens (including phenoxy) is 1. The van der Waals surface area contributed by atoms with Gasteiger partial charge in [-0.25, -0.2) is 0 Å². The van der Waals surface area contributed by atoms with Crippen molar-refractivity contribution in [1.29, 1.82) is 0 Å². The maximum absolute atomic E-state index is 5.94. The van der Waals surface area contributed by atoms with E-state index < -0.39 is 0 Å². The van der Waals surface area contributed by atoms with E-state index in [4.69, 9.17) is 16.3 Å². The van der Waals surface area contributed by atoms with Crippen molar-refractivity contribution in [1.82, 2.24) is 5.32 Å². The van der Waals surface area contributed by atoms with Crippen LogP contribution in [0.15, 0.2) is 36.4 Å². The van der Waals surface area contributed by atoms with Gasteiger partial charge >= 0.3 is 0 Å². The molecule has 2 nitrogen and oxygen atoms in total. The Bertz CT molecular complexity index is 392. The third-order valence-electron chi connectivity index (χ3n) is 2.72. The molecule has 0 aliphatic rings. The van der Waals surface area contributed by atoms with Crippen molar-refractivity contribution in [2.75, 3.05) is 6.54 Å². The van der Waals surface area contributed by atoms with E-state index in [1.165, 1.54) is 0 Å². The number of halogens is 1. The van der Waals surface area contributed by atoms with E-state index in [2.05, 4.69) is 25.7 Å². The van der Waals surface area contributed by atoms with Crippen molar-refractivity contribution < 1.29 is 4.74 Å². The number of nitrogens with one attached hydrogen (secondary N) is 1. The van der Waals surface area contributed by atoms with E-state index in [9.17, 15) is 0 Å². The van der Waals surface area contributed by atoms with Gasteiger partial charge in [0, 0.05) is 11.1 Å². The average molecular weight is 268 g/mol. The van der Waals surface area contributed by atoms with Gasteiger partial charge < -0.3 is 10.1 Å². The van der Waals surface area contributed by atoms with E-state index in [0.29, 0.717) is 5.02 Å². The Labute approximate surface area is 115 Å². The van der Waals surface area contributed by atoms with E-state index in [1.54, 1.807) is 0 Å². The zero-order valence-corrected chi connectivity index (χ0v) is 12.1. The van der Waals surface area contributed by atoms with Crippen LogP contribution < -0.4 is 10.1 Å². The van der Waals surface area contributed by atoms with Gasteiger partial charge in [0.1, 0.15) is 11.9 Å². The van der Waals surface area contributed by atoms with E-state index in [1.807, 2.05) is 31.2 Å². The normalized spacial score (nSPS) is 14.0. The lowest BCUT2D eigenvalue weighted by atomic mass is 10.0. The molecule has 1 aromatic carbocycles. The predicted molar refractivity (Wildman–Crippen MR) is 78.4 cm³/mol. The highest BCUT2D eigenvalue weighted by Gasteiger charge is 2.17. The molecule has 0 fully saturated rings. The van der Waals surface area contributed by atoms with Gasteiger partial charge in [0.15, 0.2) is 0 Å². The highest BCUT2D eigenvalue weighted by molar-refractivity contribution is 6.30. The predicted octanol–water partition coefficient (Wildman–Crippen LogP) is 4.05. The molecule has 0 amide bonds. The number of hydrogen-bond donors (Lipinski definition) is 1. The highest BCUT2D eigenvalue weighted by Crippen LogP contribution is 2.20. The molecule has 1 aromatic rings. The van der Waals surface area contributed by atoms with Crippen LogP contribution >= 0.6 is 11.6 Å². The number of benzene rings is 1. The molecule has 0 aliphatic heterocycles. The fourth-order valence-electron chi connectivity index (χ4n) is 1.88.